The Morgan fingerprint density at radius 1 is 1.25 bits per heavy atom. The summed E-state index contributed by atoms with van der Waals surface area (Å²) in [5.41, 5.74) is 0. The van der Waals surface area contributed by atoms with Gasteiger partial charge >= 0.3 is 0 Å². The van der Waals surface area contributed by atoms with Gasteiger partial charge in [-0.25, -0.2) is 0 Å². The van der Waals surface area contributed by atoms with Gasteiger partial charge < -0.3 is 5.32 Å². The fourth-order valence-electron chi connectivity index (χ4n) is 1.64. The monoisotopic (exact) mass is 188 g/mol. The van der Waals surface area contributed by atoms with Gasteiger partial charge in [-0.1, -0.05) is 11.9 Å². The summed E-state index contributed by atoms with van der Waals surface area (Å²) in [5.74, 6) is 0. The Kier molecular flexibility index (Phi) is 4.46. The Labute approximate surface area is 77.8 Å². The third-order valence-electron chi connectivity index (χ3n) is 2.32. The van der Waals surface area contributed by atoms with Crippen molar-refractivity contribution in [2.75, 3.05) is 6.26 Å². The Morgan fingerprint density at radius 2 is 1.83 bits per heavy atom. The maximum atomic E-state index is 10.1. The molecule has 1 saturated carbocycles. The minimum absolute atomic E-state index is 0.419. The van der Waals surface area contributed by atoms with Crippen LogP contribution in [0, 0.1) is 0 Å². The largest absolute Gasteiger partial charge is 0.356 e. The van der Waals surface area contributed by atoms with E-state index in [1.165, 1.54) is 12.8 Å². The van der Waals surface area contributed by atoms with Gasteiger partial charge in [0, 0.05) is 12.1 Å². The van der Waals surface area contributed by atoms with Gasteiger partial charge in [0.1, 0.15) is 0 Å². The van der Waals surface area contributed by atoms with E-state index in [1.54, 1.807) is 11.9 Å². The minimum Gasteiger partial charge on any atom is -0.356 e. The second-order valence-electron chi connectivity index (χ2n) is 3.16. The minimum atomic E-state index is 0.419. The molecule has 0 bridgehead atoms. The number of amides is 1. The maximum absolute atomic E-state index is 10.1. The van der Waals surface area contributed by atoms with E-state index in [0.29, 0.717) is 12.1 Å². The Balaban J connectivity index is 2.15. The van der Waals surface area contributed by atoms with E-state index < -0.39 is 0 Å². The first-order chi connectivity index (χ1) is 5.86. The molecule has 1 amide bonds. The van der Waals surface area contributed by atoms with Crippen LogP contribution in [-0.4, -0.2) is 24.7 Å². The fourth-order valence-corrected chi connectivity index (χ4v) is 2.21. The normalized spacial score (nSPS) is 29.8. The first kappa shape index (κ1) is 9.86. The summed E-state index contributed by atoms with van der Waals surface area (Å²) in [4.78, 5) is 10.1. The van der Waals surface area contributed by atoms with E-state index in [1.807, 2.05) is 0 Å². The number of carbonyl (C=O) groups excluding carboxylic acids is 1. The van der Waals surface area contributed by atoms with Crippen molar-refractivity contribution in [3.8, 4) is 0 Å². The lowest BCUT2D eigenvalue weighted by atomic mass is 9.92. The van der Waals surface area contributed by atoms with Gasteiger partial charge in [0.2, 0.25) is 6.41 Å². The van der Waals surface area contributed by atoms with E-state index in [9.17, 15) is 4.79 Å². The summed E-state index contributed by atoms with van der Waals surface area (Å²) >= 11 is 1.68. The van der Waals surface area contributed by atoms with Crippen molar-refractivity contribution in [2.24, 2.45) is 0 Å². The lowest BCUT2D eigenvalue weighted by Crippen LogP contribution is -2.37. The van der Waals surface area contributed by atoms with Gasteiger partial charge in [0.15, 0.2) is 0 Å². The van der Waals surface area contributed by atoms with Crippen LogP contribution < -0.4 is 10.0 Å². The van der Waals surface area contributed by atoms with Gasteiger partial charge in [-0.05, 0) is 31.9 Å². The molecular weight excluding hydrogens is 172 g/mol. The smallest absolute Gasteiger partial charge is 0.207 e. The molecule has 0 radical (unpaired) electrons. The molecule has 4 heteroatoms. The van der Waals surface area contributed by atoms with Crippen molar-refractivity contribution >= 4 is 18.4 Å². The van der Waals surface area contributed by atoms with Crippen LogP contribution in [0.5, 0.6) is 0 Å². The summed E-state index contributed by atoms with van der Waals surface area (Å²) < 4.78 is 3.35. The number of hydrogen-bond donors (Lipinski definition) is 2. The summed E-state index contributed by atoms with van der Waals surface area (Å²) in [6.45, 7) is 0. The highest BCUT2D eigenvalue weighted by Crippen LogP contribution is 2.19. The molecule has 3 nitrogen and oxygen atoms in total. The molecule has 0 aromatic rings. The molecule has 0 atom stereocenters. The predicted octanol–water partition coefficient (Wildman–Crippen LogP) is 0.911. The molecular formula is C8H16N2OS. The van der Waals surface area contributed by atoms with Gasteiger partial charge in [-0.3, -0.25) is 9.52 Å². The first-order valence-corrected chi connectivity index (χ1v) is 5.57. The standard InChI is InChI=1S/C8H16N2OS/c1-12-10-8-4-2-7(3-5-8)9-6-11/h6-8,10H,2-5H2,1H3,(H,9,11). The van der Waals surface area contributed by atoms with Crippen LogP contribution in [0.1, 0.15) is 25.7 Å². The van der Waals surface area contributed by atoms with Crippen LogP contribution in [0.4, 0.5) is 0 Å². The third-order valence-corrected chi connectivity index (χ3v) is 2.88. The molecule has 70 valence electrons. The lowest BCUT2D eigenvalue weighted by molar-refractivity contribution is -0.110. The highest BCUT2D eigenvalue weighted by molar-refractivity contribution is 7.96. The third kappa shape index (κ3) is 3.03. The highest BCUT2D eigenvalue weighted by atomic mass is 32.2. The van der Waals surface area contributed by atoms with Crippen molar-refractivity contribution in [1.29, 1.82) is 0 Å². The summed E-state index contributed by atoms with van der Waals surface area (Å²) in [6, 6.07) is 1.06. The molecule has 0 saturated heterocycles. The Morgan fingerprint density at radius 3 is 2.33 bits per heavy atom. The summed E-state index contributed by atoms with van der Waals surface area (Å²) in [7, 11) is 0. The molecule has 0 heterocycles. The molecule has 0 unspecified atom stereocenters. The molecule has 1 aliphatic carbocycles. The zero-order chi connectivity index (χ0) is 8.81. The van der Waals surface area contributed by atoms with Crippen molar-refractivity contribution in [3.63, 3.8) is 0 Å². The fraction of sp³-hybridized carbons (Fsp3) is 0.875. The molecule has 0 aromatic carbocycles. The first-order valence-electron chi connectivity index (χ1n) is 4.35. The predicted molar refractivity (Wildman–Crippen MR) is 51.9 cm³/mol. The Bertz CT molecular complexity index is 135. The lowest BCUT2D eigenvalue weighted by Gasteiger charge is -2.27. The van der Waals surface area contributed by atoms with Gasteiger partial charge in [0.05, 0.1) is 0 Å². The molecule has 0 aliphatic heterocycles. The number of nitrogens with one attached hydrogen (secondary N) is 2. The maximum Gasteiger partial charge on any atom is 0.207 e. The van der Waals surface area contributed by atoms with E-state index >= 15 is 0 Å². The van der Waals surface area contributed by atoms with E-state index in [-0.39, 0.29) is 0 Å². The van der Waals surface area contributed by atoms with Gasteiger partial charge in [-0.15, -0.1) is 0 Å². The topological polar surface area (TPSA) is 41.1 Å². The van der Waals surface area contributed by atoms with Gasteiger partial charge in [-0.2, -0.15) is 0 Å². The molecule has 0 spiro atoms. The zero-order valence-electron chi connectivity index (χ0n) is 7.38. The van der Waals surface area contributed by atoms with Crippen molar-refractivity contribution in [2.45, 2.75) is 37.8 Å². The van der Waals surface area contributed by atoms with Gasteiger partial charge in [0.25, 0.3) is 0 Å². The Hall–Kier alpha value is -0.220. The SMILES string of the molecule is CSNC1CCC(NC=O)CC1. The molecule has 0 aromatic heterocycles. The zero-order valence-corrected chi connectivity index (χ0v) is 8.19. The highest BCUT2D eigenvalue weighted by Gasteiger charge is 2.19. The second-order valence-corrected chi connectivity index (χ2v) is 3.80. The average molecular weight is 188 g/mol. The van der Waals surface area contributed by atoms with Crippen LogP contribution in [0.3, 0.4) is 0 Å². The molecule has 2 N–H and O–H groups in total. The molecule has 1 rings (SSSR count). The quantitative estimate of drug-likeness (QED) is 0.509. The van der Waals surface area contributed by atoms with Crippen LogP contribution in [0.2, 0.25) is 0 Å². The van der Waals surface area contributed by atoms with Crippen LogP contribution in [0.25, 0.3) is 0 Å². The van der Waals surface area contributed by atoms with Crippen molar-refractivity contribution in [3.05, 3.63) is 0 Å². The number of rotatable bonds is 4. The van der Waals surface area contributed by atoms with Crippen LogP contribution >= 0.6 is 11.9 Å². The molecule has 1 aliphatic rings. The molecule has 12 heavy (non-hydrogen) atoms. The molecule has 1 fully saturated rings. The van der Waals surface area contributed by atoms with E-state index in [4.69, 9.17) is 0 Å². The van der Waals surface area contributed by atoms with Crippen molar-refractivity contribution < 1.29 is 4.79 Å². The summed E-state index contributed by atoms with van der Waals surface area (Å²) in [5, 5.41) is 2.83. The van der Waals surface area contributed by atoms with Crippen molar-refractivity contribution in [1.82, 2.24) is 10.0 Å². The average Bonchev–Trinajstić information content (AvgIpc) is 2.09. The number of hydrogen-bond acceptors (Lipinski definition) is 3. The van der Waals surface area contributed by atoms with E-state index in [2.05, 4.69) is 16.3 Å². The second kappa shape index (κ2) is 5.43. The number of carbonyl (C=O) groups is 1. The summed E-state index contributed by atoms with van der Waals surface area (Å²) in [6.07, 6.45) is 7.43. The van der Waals surface area contributed by atoms with E-state index in [0.717, 1.165) is 19.3 Å². The van der Waals surface area contributed by atoms with Crippen LogP contribution in [0.15, 0.2) is 0 Å². The van der Waals surface area contributed by atoms with Crippen LogP contribution in [-0.2, 0) is 4.79 Å².